The lowest BCUT2D eigenvalue weighted by atomic mass is 10.4. The van der Waals surface area contributed by atoms with Crippen LogP contribution in [0.2, 0.25) is 0 Å². The fourth-order valence-corrected chi connectivity index (χ4v) is 0.570. The predicted molar refractivity (Wildman–Crippen MR) is 36.0 cm³/mol. The van der Waals surface area contributed by atoms with E-state index in [4.69, 9.17) is 0 Å². The Bertz CT molecular complexity index is 204. The van der Waals surface area contributed by atoms with Gasteiger partial charge in [0.1, 0.15) is 6.26 Å². The Morgan fingerprint density at radius 1 is 1.73 bits per heavy atom. The van der Waals surface area contributed by atoms with Gasteiger partial charge in [0.15, 0.2) is 0 Å². The fraction of sp³-hybridized carbons (Fsp3) is 0.286. The second-order valence-corrected chi connectivity index (χ2v) is 1.76. The zero-order valence-corrected chi connectivity index (χ0v) is 6.07. The molecule has 4 nitrogen and oxygen atoms in total. The van der Waals surface area contributed by atoms with Gasteiger partial charge >= 0.3 is 5.97 Å². The monoisotopic (exact) mass is 156 g/mol. The summed E-state index contributed by atoms with van der Waals surface area (Å²) in [5.74, 6) is -0.453. The average molecular weight is 156 g/mol. The van der Waals surface area contributed by atoms with Gasteiger partial charge in [-0.05, 0) is 19.1 Å². The van der Waals surface area contributed by atoms with Gasteiger partial charge in [-0.15, -0.1) is 0 Å². The van der Waals surface area contributed by atoms with Gasteiger partial charge in [0.25, 0.3) is 5.76 Å². The third-order valence-corrected chi connectivity index (χ3v) is 0.996. The van der Waals surface area contributed by atoms with E-state index >= 15 is 0 Å². The molecule has 1 aliphatic rings. The van der Waals surface area contributed by atoms with Crippen molar-refractivity contribution >= 4 is 5.97 Å². The number of hydrogen-bond acceptors (Lipinski definition) is 4. The molecule has 4 heteroatoms. The number of carbonyl (C=O) groups is 1. The van der Waals surface area contributed by atoms with Crippen LogP contribution in [0.25, 0.3) is 0 Å². The first-order chi connectivity index (χ1) is 5.34. The van der Waals surface area contributed by atoms with E-state index in [0.717, 1.165) is 0 Å². The summed E-state index contributed by atoms with van der Waals surface area (Å²) in [4.78, 5) is 19.8. The number of carbonyl (C=O) groups excluding carboxylic acids is 1. The van der Waals surface area contributed by atoms with E-state index in [1.165, 1.54) is 12.3 Å². The highest BCUT2D eigenvalue weighted by Gasteiger charge is 2.14. The molecule has 0 aliphatic carbocycles. The molecule has 0 saturated carbocycles. The quantitative estimate of drug-likeness (QED) is 0.440. The molecule has 1 aliphatic heterocycles. The molecule has 0 bridgehead atoms. The first-order valence-electron chi connectivity index (χ1n) is 3.22. The van der Waals surface area contributed by atoms with Gasteiger partial charge in [-0.1, -0.05) is 0 Å². The molecule has 1 heterocycles. The van der Waals surface area contributed by atoms with E-state index < -0.39 is 5.97 Å². The van der Waals surface area contributed by atoms with E-state index in [1.807, 2.05) is 0 Å². The van der Waals surface area contributed by atoms with Crippen LogP contribution in [-0.2, 0) is 19.3 Å². The lowest BCUT2D eigenvalue weighted by Crippen LogP contribution is -2.11. The smallest absolute Gasteiger partial charge is 0.379 e. The number of allylic oxidation sites excluding steroid dienone is 2. The first kappa shape index (κ1) is 7.65. The number of hydrogen-bond donors (Lipinski definition) is 0. The van der Waals surface area contributed by atoms with Crippen molar-refractivity contribution in [1.82, 2.24) is 0 Å². The third kappa shape index (κ3) is 2.00. The number of ether oxygens (including phenoxy) is 1. The lowest BCUT2D eigenvalue weighted by Gasteiger charge is -2.07. The second kappa shape index (κ2) is 3.65. The third-order valence-electron chi connectivity index (χ3n) is 0.996. The molecule has 0 N–H and O–H groups in total. The maximum absolute atomic E-state index is 10.9. The van der Waals surface area contributed by atoms with Crippen LogP contribution < -0.4 is 0 Å². The van der Waals surface area contributed by atoms with Gasteiger partial charge in [0, 0.05) is 0 Å². The average Bonchev–Trinajstić information content (AvgIpc) is 2.07. The summed E-state index contributed by atoms with van der Waals surface area (Å²) in [5, 5.41) is 0. The lowest BCUT2D eigenvalue weighted by molar-refractivity contribution is -0.221. The maximum Gasteiger partial charge on any atom is 0.379 e. The Hall–Kier alpha value is -1.45. The standard InChI is InChI=1S/C7H8O4/c1-2-9-7(8)6-4-3-5-10-11-6/h3-5H,2H2,1H3. The van der Waals surface area contributed by atoms with Gasteiger partial charge in [0.05, 0.1) is 6.61 Å². The van der Waals surface area contributed by atoms with Crippen molar-refractivity contribution in [1.29, 1.82) is 0 Å². The highest BCUT2D eigenvalue weighted by atomic mass is 17.2. The molecular formula is C7H8O4. The molecule has 1 rings (SSSR count). The van der Waals surface area contributed by atoms with Crippen LogP contribution >= 0.6 is 0 Å². The fourth-order valence-electron chi connectivity index (χ4n) is 0.570. The molecular weight excluding hydrogens is 148 g/mol. The van der Waals surface area contributed by atoms with Gasteiger partial charge < -0.3 is 4.74 Å². The van der Waals surface area contributed by atoms with Crippen LogP contribution in [0.1, 0.15) is 6.92 Å². The van der Waals surface area contributed by atoms with Crippen LogP contribution in [0.4, 0.5) is 0 Å². The zero-order chi connectivity index (χ0) is 8.10. The Kier molecular flexibility index (Phi) is 2.54. The zero-order valence-electron chi connectivity index (χ0n) is 6.07. The molecule has 0 unspecified atom stereocenters. The molecule has 11 heavy (non-hydrogen) atoms. The molecule has 0 radical (unpaired) electrons. The highest BCUT2D eigenvalue weighted by molar-refractivity contribution is 5.86. The highest BCUT2D eigenvalue weighted by Crippen LogP contribution is 2.06. The number of esters is 1. The maximum atomic E-state index is 10.9. The minimum atomic E-state index is -0.517. The molecule has 0 atom stereocenters. The van der Waals surface area contributed by atoms with E-state index in [-0.39, 0.29) is 5.76 Å². The van der Waals surface area contributed by atoms with Gasteiger partial charge in [-0.2, -0.15) is 0 Å². The van der Waals surface area contributed by atoms with Crippen LogP contribution in [-0.4, -0.2) is 12.6 Å². The molecule has 0 spiro atoms. The Balaban J connectivity index is 2.52. The second-order valence-electron chi connectivity index (χ2n) is 1.76. The first-order valence-corrected chi connectivity index (χ1v) is 3.22. The molecule has 0 aromatic heterocycles. The van der Waals surface area contributed by atoms with Crippen molar-refractivity contribution in [2.75, 3.05) is 6.61 Å². The van der Waals surface area contributed by atoms with E-state index in [0.29, 0.717) is 6.61 Å². The van der Waals surface area contributed by atoms with Crippen molar-refractivity contribution in [2.24, 2.45) is 0 Å². The van der Waals surface area contributed by atoms with E-state index in [1.54, 1.807) is 13.0 Å². The minimum Gasteiger partial charge on any atom is -0.460 e. The summed E-state index contributed by atoms with van der Waals surface area (Å²) in [6.07, 6.45) is 4.35. The summed E-state index contributed by atoms with van der Waals surface area (Å²) in [7, 11) is 0. The van der Waals surface area contributed by atoms with E-state index in [9.17, 15) is 4.79 Å². The van der Waals surface area contributed by atoms with E-state index in [2.05, 4.69) is 14.5 Å². The van der Waals surface area contributed by atoms with Crippen molar-refractivity contribution in [2.45, 2.75) is 6.92 Å². The largest absolute Gasteiger partial charge is 0.460 e. The van der Waals surface area contributed by atoms with Crippen molar-refractivity contribution in [3.05, 3.63) is 24.2 Å². The Morgan fingerprint density at radius 2 is 2.55 bits per heavy atom. The summed E-state index contributed by atoms with van der Waals surface area (Å²) in [5.41, 5.74) is 0. The summed E-state index contributed by atoms with van der Waals surface area (Å²) in [6.45, 7) is 2.04. The summed E-state index contributed by atoms with van der Waals surface area (Å²) >= 11 is 0. The van der Waals surface area contributed by atoms with Crippen LogP contribution in [0.3, 0.4) is 0 Å². The molecule has 0 fully saturated rings. The molecule has 60 valence electrons. The van der Waals surface area contributed by atoms with Crippen LogP contribution in [0, 0.1) is 0 Å². The van der Waals surface area contributed by atoms with Crippen molar-refractivity contribution in [3.8, 4) is 0 Å². The number of rotatable bonds is 2. The Morgan fingerprint density at radius 3 is 3.09 bits per heavy atom. The molecule has 0 saturated heterocycles. The predicted octanol–water partition coefficient (Wildman–Crippen LogP) is 0.909. The topological polar surface area (TPSA) is 44.8 Å². The van der Waals surface area contributed by atoms with Gasteiger partial charge in [-0.3, -0.25) is 9.78 Å². The van der Waals surface area contributed by atoms with Crippen molar-refractivity contribution < 1.29 is 19.3 Å². The van der Waals surface area contributed by atoms with Gasteiger partial charge in [0.2, 0.25) is 0 Å². The molecule has 0 amide bonds. The molecule has 0 aromatic rings. The summed E-state index contributed by atoms with van der Waals surface area (Å²) < 4.78 is 4.64. The normalized spacial score (nSPS) is 14.5. The van der Waals surface area contributed by atoms with Crippen LogP contribution in [0.15, 0.2) is 24.2 Å². The Labute approximate surface area is 64.0 Å². The SMILES string of the molecule is CCOC(=O)C1=CC=COO1. The van der Waals surface area contributed by atoms with Crippen molar-refractivity contribution in [3.63, 3.8) is 0 Å². The van der Waals surface area contributed by atoms with Gasteiger partial charge in [-0.25, -0.2) is 4.79 Å². The molecule has 0 aromatic carbocycles. The summed E-state index contributed by atoms with van der Waals surface area (Å²) in [6, 6.07) is 0. The minimum absolute atomic E-state index is 0.0642. The van der Waals surface area contributed by atoms with Crippen LogP contribution in [0.5, 0.6) is 0 Å².